The van der Waals surface area contributed by atoms with Gasteiger partial charge >= 0.3 is 0 Å². The summed E-state index contributed by atoms with van der Waals surface area (Å²) in [6.07, 6.45) is 0. The van der Waals surface area contributed by atoms with E-state index in [1.54, 1.807) is 0 Å². The van der Waals surface area contributed by atoms with Crippen LogP contribution in [0.1, 0.15) is 0 Å². The van der Waals surface area contributed by atoms with Crippen LogP contribution in [-0.4, -0.2) is 19.5 Å². The fourth-order valence-electron chi connectivity index (χ4n) is 8.14. The highest BCUT2D eigenvalue weighted by Gasteiger charge is 2.30. The minimum Gasteiger partial charge on any atom is -0.274 e. The molecule has 0 radical (unpaired) electrons. The molecule has 0 aliphatic rings. The molecule has 0 aliphatic heterocycles. The molecule has 0 saturated carbocycles. The van der Waals surface area contributed by atoms with E-state index in [1.165, 1.54) is 10.8 Å². The first kappa shape index (κ1) is 28.7. The maximum absolute atomic E-state index is 5.43. The van der Waals surface area contributed by atoms with Crippen LogP contribution in [0.2, 0.25) is 0 Å². The Hall–Kier alpha value is -7.11. The molecule has 4 heterocycles. The lowest BCUT2D eigenvalue weighted by Gasteiger charge is -2.13. The van der Waals surface area contributed by atoms with Gasteiger partial charge < -0.3 is 0 Å². The van der Waals surface area contributed by atoms with Gasteiger partial charge in [-0.25, -0.2) is 15.0 Å². The number of hydrogen-bond acceptors (Lipinski definition) is 2. The summed E-state index contributed by atoms with van der Waals surface area (Å²) in [6.45, 7) is 0. The van der Waals surface area contributed by atoms with E-state index < -0.39 is 0 Å². The zero-order valence-electron chi connectivity index (χ0n) is 28.0. The molecule has 0 bridgehead atoms. The minimum absolute atomic E-state index is 0.637. The Kier molecular flexibility index (Phi) is 6.18. The number of pyridine rings is 1. The van der Waals surface area contributed by atoms with Crippen LogP contribution in [-0.2, 0) is 0 Å². The van der Waals surface area contributed by atoms with E-state index in [0.29, 0.717) is 5.95 Å². The average molecular weight is 665 g/mol. The number of aromatic nitrogens is 5. The number of H-pyrrole nitrogens is 1. The summed E-state index contributed by atoms with van der Waals surface area (Å²) in [5.74, 6) is 1.65. The molecule has 0 amide bonds. The highest BCUT2D eigenvalue weighted by atomic mass is 15.2. The lowest BCUT2D eigenvalue weighted by Crippen LogP contribution is -2.25. The first-order valence-corrected chi connectivity index (χ1v) is 17.6. The van der Waals surface area contributed by atoms with Gasteiger partial charge in [0.2, 0.25) is 5.95 Å². The third kappa shape index (κ3) is 4.14. The first-order chi connectivity index (χ1) is 25.8. The molecule has 0 unspecified atom stereocenters. The fraction of sp³-hybridized carbons (Fsp3) is 0. The van der Waals surface area contributed by atoms with E-state index in [1.807, 2.05) is 6.07 Å². The number of para-hydroxylation sites is 2. The largest absolute Gasteiger partial charge is 0.292 e. The Bertz CT molecular complexity index is 3160. The number of imidazole rings is 1. The molecular weight excluding hydrogens is 635 g/mol. The number of rotatable bonds is 4. The van der Waals surface area contributed by atoms with Crippen molar-refractivity contribution in [3.8, 4) is 39.9 Å². The molecule has 5 heteroatoms. The number of nitrogens with one attached hydrogen (secondary N) is 1. The van der Waals surface area contributed by atoms with Crippen molar-refractivity contribution in [2.45, 2.75) is 0 Å². The molecule has 52 heavy (non-hydrogen) atoms. The Morgan fingerprint density at radius 2 is 0.981 bits per heavy atom. The lowest BCUT2D eigenvalue weighted by molar-refractivity contribution is -0.465. The van der Waals surface area contributed by atoms with Crippen molar-refractivity contribution in [3.63, 3.8) is 0 Å². The van der Waals surface area contributed by atoms with Gasteiger partial charge in [0.05, 0.1) is 22.3 Å². The highest BCUT2D eigenvalue weighted by molar-refractivity contribution is 6.22. The number of nitrogens with zero attached hydrogens (tertiary/aromatic N) is 4. The van der Waals surface area contributed by atoms with Gasteiger partial charge in [0, 0.05) is 38.1 Å². The molecule has 11 rings (SSSR count). The highest BCUT2D eigenvalue weighted by Crippen LogP contribution is 2.41. The predicted octanol–water partition coefficient (Wildman–Crippen LogP) is 11.1. The van der Waals surface area contributed by atoms with E-state index in [0.717, 1.165) is 83.0 Å². The van der Waals surface area contributed by atoms with Crippen LogP contribution in [0.15, 0.2) is 176 Å². The summed E-state index contributed by atoms with van der Waals surface area (Å²) in [5.41, 5.74) is 10.5. The van der Waals surface area contributed by atoms with E-state index in [9.17, 15) is 0 Å². The summed E-state index contributed by atoms with van der Waals surface area (Å²) >= 11 is 0. The monoisotopic (exact) mass is 664 g/mol. The molecule has 242 valence electrons. The number of aromatic amines is 1. The normalized spacial score (nSPS) is 11.8. The van der Waals surface area contributed by atoms with Gasteiger partial charge in [0.1, 0.15) is 5.52 Å². The van der Waals surface area contributed by atoms with Crippen LogP contribution in [0.4, 0.5) is 0 Å². The minimum atomic E-state index is 0.637. The summed E-state index contributed by atoms with van der Waals surface area (Å²) in [5, 5.41) is 6.85. The van der Waals surface area contributed by atoms with Crippen molar-refractivity contribution < 1.29 is 4.40 Å². The van der Waals surface area contributed by atoms with Crippen LogP contribution in [0, 0.1) is 0 Å². The Balaban J connectivity index is 1.40. The van der Waals surface area contributed by atoms with E-state index in [-0.39, 0.29) is 0 Å². The zero-order chi connectivity index (χ0) is 34.2. The van der Waals surface area contributed by atoms with Gasteiger partial charge in [-0.05, 0) is 41.8 Å². The SMILES string of the molecule is c1ccc(-c2nc(-n3c4ccccc4c4ccc5c6ccccc6c6c(-c7ccccc7)[nH]c(-c7ccccc7)[n+]6c5c43)nc3ccccc23)cc1. The standard InChI is InChI=1S/C47H29N5/c1-4-16-30(17-5-1)41-38-25-12-14-26-39(38)48-47(50-41)51-40-27-15-13-23-34(40)37-29-28-36-33-22-10-11-24-35(33)43-42(31-18-6-2-7-19-31)49-46(32-20-8-3-9-21-32)52(43)45(36)44(37)51/h1-29H/p+1. The molecule has 0 aliphatic carbocycles. The van der Waals surface area contributed by atoms with Gasteiger partial charge in [-0.15, -0.1) is 0 Å². The number of benzene rings is 7. The van der Waals surface area contributed by atoms with Crippen molar-refractivity contribution in [1.29, 1.82) is 0 Å². The molecule has 4 aromatic heterocycles. The van der Waals surface area contributed by atoms with Gasteiger partial charge in [0.25, 0.3) is 5.82 Å². The second-order valence-electron chi connectivity index (χ2n) is 13.3. The van der Waals surface area contributed by atoms with Crippen molar-refractivity contribution in [2.24, 2.45) is 0 Å². The summed E-state index contributed by atoms with van der Waals surface area (Å²) in [6, 6.07) is 62.1. The molecule has 7 aromatic carbocycles. The lowest BCUT2D eigenvalue weighted by atomic mass is 10.0. The number of fused-ring (bicyclic) bond motifs is 11. The number of hydrogen-bond donors (Lipinski definition) is 1. The Morgan fingerprint density at radius 1 is 0.423 bits per heavy atom. The van der Waals surface area contributed by atoms with Crippen LogP contribution in [0.5, 0.6) is 0 Å². The molecular formula is C47H30N5+. The van der Waals surface area contributed by atoms with E-state index in [4.69, 9.17) is 9.97 Å². The van der Waals surface area contributed by atoms with Crippen LogP contribution in [0.3, 0.4) is 0 Å². The van der Waals surface area contributed by atoms with Crippen molar-refractivity contribution >= 4 is 59.9 Å². The van der Waals surface area contributed by atoms with Crippen molar-refractivity contribution in [3.05, 3.63) is 176 Å². The average Bonchev–Trinajstić information content (AvgIpc) is 3.79. The van der Waals surface area contributed by atoms with Gasteiger partial charge in [0.15, 0.2) is 16.7 Å². The molecule has 0 saturated heterocycles. The molecule has 1 N–H and O–H groups in total. The Morgan fingerprint density at radius 3 is 1.73 bits per heavy atom. The molecule has 11 aromatic rings. The van der Waals surface area contributed by atoms with Gasteiger partial charge in [-0.2, -0.15) is 4.40 Å². The molecule has 0 spiro atoms. The maximum atomic E-state index is 5.43. The summed E-state index contributed by atoms with van der Waals surface area (Å²) in [4.78, 5) is 14.7. The Labute approximate surface area is 298 Å². The first-order valence-electron chi connectivity index (χ1n) is 17.6. The van der Waals surface area contributed by atoms with Crippen LogP contribution in [0.25, 0.3) is 99.8 Å². The van der Waals surface area contributed by atoms with Crippen LogP contribution >= 0.6 is 0 Å². The van der Waals surface area contributed by atoms with E-state index >= 15 is 0 Å². The van der Waals surface area contributed by atoms with Crippen molar-refractivity contribution in [2.75, 3.05) is 0 Å². The third-order valence-electron chi connectivity index (χ3n) is 10.4. The molecule has 0 atom stereocenters. The summed E-state index contributed by atoms with van der Waals surface area (Å²) < 4.78 is 4.74. The second kappa shape index (κ2) is 11.2. The smallest absolute Gasteiger partial charge is 0.274 e. The maximum Gasteiger partial charge on any atom is 0.292 e. The molecule has 0 fully saturated rings. The van der Waals surface area contributed by atoms with Crippen LogP contribution < -0.4 is 4.40 Å². The topological polar surface area (TPSA) is 50.6 Å². The molecule has 5 nitrogen and oxygen atoms in total. The van der Waals surface area contributed by atoms with Crippen molar-refractivity contribution in [1.82, 2.24) is 19.5 Å². The van der Waals surface area contributed by atoms with E-state index in [2.05, 4.69) is 184 Å². The fourth-order valence-corrected chi connectivity index (χ4v) is 8.14. The van der Waals surface area contributed by atoms with Gasteiger partial charge in [-0.1, -0.05) is 140 Å². The second-order valence-corrected chi connectivity index (χ2v) is 13.3. The predicted molar refractivity (Wildman–Crippen MR) is 213 cm³/mol. The zero-order valence-corrected chi connectivity index (χ0v) is 28.0. The van der Waals surface area contributed by atoms with Gasteiger partial charge in [-0.3, -0.25) is 4.57 Å². The quantitative estimate of drug-likeness (QED) is 0.150. The summed E-state index contributed by atoms with van der Waals surface area (Å²) in [7, 11) is 0. The third-order valence-corrected chi connectivity index (χ3v) is 10.4.